The van der Waals surface area contributed by atoms with Gasteiger partial charge in [-0.3, -0.25) is 9.78 Å². The lowest BCUT2D eigenvalue weighted by atomic mass is 10.2. The molecule has 108 valence electrons. The largest absolute Gasteiger partial charge is 0.496 e. The number of hydrazone groups is 1. The van der Waals surface area contributed by atoms with Gasteiger partial charge in [0.15, 0.2) is 0 Å². The standard InChI is InChI=1S/C14H11BrClN3O2/c1-21-13-3-2-12(16)5-9(13)7-18-19-14(20)10-4-11(15)8-17-6-10/h2-8H,1H3,(H,19,20). The van der Waals surface area contributed by atoms with Crippen LogP contribution < -0.4 is 10.2 Å². The zero-order valence-corrected chi connectivity index (χ0v) is 13.4. The second kappa shape index (κ2) is 7.19. The predicted molar refractivity (Wildman–Crippen MR) is 85.0 cm³/mol. The average Bonchev–Trinajstić information content (AvgIpc) is 2.47. The summed E-state index contributed by atoms with van der Waals surface area (Å²) in [5, 5.41) is 4.45. The van der Waals surface area contributed by atoms with Gasteiger partial charge in [0.1, 0.15) is 5.75 Å². The van der Waals surface area contributed by atoms with E-state index in [0.29, 0.717) is 21.9 Å². The fourth-order valence-corrected chi connectivity index (χ4v) is 2.11. The van der Waals surface area contributed by atoms with Crippen molar-refractivity contribution in [1.29, 1.82) is 0 Å². The Hall–Kier alpha value is -1.92. The number of carbonyl (C=O) groups is 1. The van der Waals surface area contributed by atoms with Crippen molar-refractivity contribution in [2.45, 2.75) is 0 Å². The summed E-state index contributed by atoms with van der Waals surface area (Å²) in [5.41, 5.74) is 3.48. The van der Waals surface area contributed by atoms with E-state index in [1.807, 2.05) is 0 Å². The van der Waals surface area contributed by atoms with Gasteiger partial charge in [0.2, 0.25) is 0 Å². The van der Waals surface area contributed by atoms with Gasteiger partial charge in [0.25, 0.3) is 5.91 Å². The number of hydrogen-bond donors (Lipinski definition) is 1. The van der Waals surface area contributed by atoms with Gasteiger partial charge in [-0.05, 0) is 40.2 Å². The molecule has 21 heavy (non-hydrogen) atoms. The summed E-state index contributed by atoms with van der Waals surface area (Å²) in [4.78, 5) is 15.8. The number of rotatable bonds is 4. The van der Waals surface area contributed by atoms with Gasteiger partial charge >= 0.3 is 0 Å². The fraction of sp³-hybridized carbons (Fsp3) is 0.0714. The Morgan fingerprint density at radius 1 is 1.43 bits per heavy atom. The molecule has 1 amide bonds. The molecule has 2 aromatic rings. The Balaban J connectivity index is 2.09. The highest BCUT2D eigenvalue weighted by Crippen LogP contribution is 2.20. The van der Waals surface area contributed by atoms with Crippen LogP contribution in [0.1, 0.15) is 15.9 Å². The van der Waals surface area contributed by atoms with E-state index in [2.05, 4.69) is 31.4 Å². The SMILES string of the molecule is COc1ccc(Cl)cc1C=NNC(=O)c1cncc(Br)c1. The monoisotopic (exact) mass is 367 g/mol. The maximum absolute atomic E-state index is 11.9. The molecule has 5 nitrogen and oxygen atoms in total. The number of aromatic nitrogens is 1. The molecule has 1 aromatic carbocycles. The Bertz CT molecular complexity index is 692. The van der Waals surface area contributed by atoms with Gasteiger partial charge < -0.3 is 4.74 Å². The molecule has 0 bridgehead atoms. The minimum atomic E-state index is -0.360. The molecule has 0 aliphatic heterocycles. The van der Waals surface area contributed by atoms with Crippen LogP contribution in [0.5, 0.6) is 5.75 Å². The number of halogens is 2. The predicted octanol–water partition coefficient (Wildman–Crippen LogP) is 3.27. The van der Waals surface area contributed by atoms with Crippen molar-refractivity contribution in [3.8, 4) is 5.75 Å². The molecular weight excluding hydrogens is 358 g/mol. The van der Waals surface area contributed by atoms with E-state index in [4.69, 9.17) is 16.3 Å². The van der Waals surface area contributed by atoms with E-state index in [1.54, 1.807) is 37.6 Å². The first-order chi connectivity index (χ1) is 10.1. The van der Waals surface area contributed by atoms with Crippen molar-refractivity contribution < 1.29 is 9.53 Å². The third-order valence-corrected chi connectivity index (χ3v) is 3.20. The summed E-state index contributed by atoms with van der Waals surface area (Å²) in [5.74, 6) is 0.252. The van der Waals surface area contributed by atoms with E-state index in [0.717, 1.165) is 4.47 Å². The van der Waals surface area contributed by atoms with Crippen LogP contribution in [0, 0.1) is 0 Å². The number of nitrogens with one attached hydrogen (secondary N) is 1. The van der Waals surface area contributed by atoms with Crippen molar-refractivity contribution in [2.75, 3.05) is 7.11 Å². The number of hydrogen-bond acceptors (Lipinski definition) is 4. The second-order valence-corrected chi connectivity index (χ2v) is 5.33. The van der Waals surface area contributed by atoms with Gasteiger partial charge in [0.05, 0.1) is 18.9 Å². The number of nitrogens with zero attached hydrogens (tertiary/aromatic N) is 2. The van der Waals surface area contributed by atoms with Gasteiger partial charge in [-0.1, -0.05) is 11.6 Å². The topological polar surface area (TPSA) is 63.6 Å². The molecule has 1 N–H and O–H groups in total. The first-order valence-corrected chi connectivity index (χ1v) is 7.05. The van der Waals surface area contributed by atoms with Crippen molar-refractivity contribution in [1.82, 2.24) is 10.4 Å². The van der Waals surface area contributed by atoms with Crippen molar-refractivity contribution in [3.63, 3.8) is 0 Å². The van der Waals surface area contributed by atoms with Crippen LogP contribution >= 0.6 is 27.5 Å². The number of benzene rings is 1. The van der Waals surface area contributed by atoms with Crippen LogP contribution in [0.4, 0.5) is 0 Å². The molecule has 0 fully saturated rings. The van der Waals surface area contributed by atoms with E-state index >= 15 is 0 Å². The minimum absolute atomic E-state index is 0.360. The van der Waals surface area contributed by atoms with Crippen molar-refractivity contribution in [2.24, 2.45) is 5.10 Å². The molecule has 0 saturated heterocycles. The van der Waals surface area contributed by atoms with Crippen molar-refractivity contribution >= 4 is 39.7 Å². The molecule has 1 aromatic heterocycles. The van der Waals surface area contributed by atoms with E-state index in [-0.39, 0.29) is 5.91 Å². The zero-order chi connectivity index (χ0) is 15.2. The third kappa shape index (κ3) is 4.27. The normalized spacial score (nSPS) is 10.6. The second-order valence-electron chi connectivity index (χ2n) is 3.98. The van der Waals surface area contributed by atoms with Gasteiger partial charge in [-0.25, -0.2) is 5.43 Å². The molecule has 0 unspecified atom stereocenters. The summed E-state index contributed by atoms with van der Waals surface area (Å²) in [6, 6.07) is 6.78. The van der Waals surface area contributed by atoms with Crippen molar-refractivity contribution in [3.05, 3.63) is 57.3 Å². The zero-order valence-electron chi connectivity index (χ0n) is 11.0. The van der Waals surface area contributed by atoms with Crippen LogP contribution in [-0.4, -0.2) is 24.2 Å². The highest BCUT2D eigenvalue weighted by atomic mass is 79.9. The minimum Gasteiger partial charge on any atom is -0.496 e. The molecule has 0 spiro atoms. The summed E-state index contributed by atoms with van der Waals surface area (Å²) < 4.78 is 5.90. The fourth-order valence-electron chi connectivity index (χ4n) is 1.57. The number of carbonyl (C=O) groups excluding carboxylic acids is 1. The van der Waals surface area contributed by atoms with E-state index in [9.17, 15) is 4.79 Å². The Labute approximate surface area is 135 Å². The lowest BCUT2D eigenvalue weighted by molar-refractivity contribution is 0.0954. The summed E-state index contributed by atoms with van der Waals surface area (Å²) in [6.07, 6.45) is 4.51. The molecule has 7 heteroatoms. The average molecular weight is 369 g/mol. The van der Waals surface area contributed by atoms with Crippen LogP contribution in [-0.2, 0) is 0 Å². The van der Waals surface area contributed by atoms with E-state index in [1.165, 1.54) is 12.4 Å². The lowest BCUT2D eigenvalue weighted by Gasteiger charge is -2.04. The van der Waals surface area contributed by atoms with Gasteiger partial charge in [-0.15, -0.1) is 0 Å². The van der Waals surface area contributed by atoms with Crippen LogP contribution in [0.25, 0.3) is 0 Å². The third-order valence-electron chi connectivity index (χ3n) is 2.53. The van der Waals surface area contributed by atoms with E-state index < -0.39 is 0 Å². The first kappa shape index (κ1) is 15.5. The molecule has 2 rings (SSSR count). The maximum atomic E-state index is 11.9. The Kier molecular flexibility index (Phi) is 5.30. The molecular formula is C14H11BrClN3O2. The number of methoxy groups -OCH3 is 1. The molecule has 0 radical (unpaired) electrons. The van der Waals surface area contributed by atoms with Crippen LogP contribution in [0.15, 0.2) is 46.2 Å². The Morgan fingerprint density at radius 2 is 2.24 bits per heavy atom. The van der Waals surface area contributed by atoms with Gasteiger partial charge in [-0.2, -0.15) is 5.10 Å². The highest BCUT2D eigenvalue weighted by molar-refractivity contribution is 9.10. The number of pyridine rings is 1. The molecule has 0 aliphatic carbocycles. The smallest absolute Gasteiger partial charge is 0.272 e. The summed E-state index contributed by atoms with van der Waals surface area (Å²) >= 11 is 9.16. The van der Waals surface area contributed by atoms with Gasteiger partial charge in [0, 0.05) is 27.5 Å². The quantitative estimate of drug-likeness (QED) is 0.665. The first-order valence-electron chi connectivity index (χ1n) is 5.87. The number of ether oxygens (including phenoxy) is 1. The number of amides is 1. The maximum Gasteiger partial charge on any atom is 0.272 e. The molecule has 0 aliphatic rings. The summed E-state index contributed by atoms with van der Waals surface area (Å²) in [7, 11) is 1.55. The van der Waals surface area contributed by atoms with Crippen LogP contribution in [0.2, 0.25) is 5.02 Å². The molecule has 0 saturated carbocycles. The highest BCUT2D eigenvalue weighted by Gasteiger charge is 2.05. The summed E-state index contributed by atoms with van der Waals surface area (Å²) in [6.45, 7) is 0. The molecule has 0 atom stereocenters. The lowest BCUT2D eigenvalue weighted by Crippen LogP contribution is -2.17. The van der Waals surface area contributed by atoms with Crippen LogP contribution in [0.3, 0.4) is 0 Å². The Morgan fingerprint density at radius 3 is 2.95 bits per heavy atom. The molecule has 1 heterocycles.